The molecule has 2 heterocycles. The summed E-state index contributed by atoms with van der Waals surface area (Å²) < 4.78 is 27.5. The summed E-state index contributed by atoms with van der Waals surface area (Å²) in [6.07, 6.45) is 3.28. The molecule has 2 aromatic carbocycles. The van der Waals surface area contributed by atoms with E-state index >= 15 is 0 Å². The van der Waals surface area contributed by atoms with Gasteiger partial charge in [0.25, 0.3) is 10.0 Å². The van der Waals surface area contributed by atoms with Gasteiger partial charge in [-0.05, 0) is 60.3 Å². The number of aryl methyl sites for hydroxylation is 1. The molecule has 0 aliphatic rings. The molecule has 0 spiro atoms. The van der Waals surface area contributed by atoms with Crippen molar-refractivity contribution in [2.75, 3.05) is 10.0 Å². The van der Waals surface area contributed by atoms with Gasteiger partial charge >= 0.3 is 0 Å². The Morgan fingerprint density at radius 2 is 1.64 bits per heavy atom. The fraction of sp³-hybridized carbons (Fsp3) is 0.0476. The van der Waals surface area contributed by atoms with Crippen molar-refractivity contribution in [3.63, 3.8) is 0 Å². The average molecular weight is 390 g/mol. The summed E-state index contributed by atoms with van der Waals surface area (Å²) in [7, 11) is -3.70. The Kier molecular flexibility index (Phi) is 4.67. The van der Waals surface area contributed by atoms with E-state index in [1.54, 1.807) is 48.7 Å². The van der Waals surface area contributed by atoms with Gasteiger partial charge in [-0.1, -0.05) is 24.3 Å². The topological polar surface area (TPSA) is 84.0 Å². The summed E-state index contributed by atoms with van der Waals surface area (Å²) in [6.45, 7) is 2.04. The maximum Gasteiger partial charge on any atom is 0.263 e. The van der Waals surface area contributed by atoms with Gasteiger partial charge in [0.2, 0.25) is 0 Å². The second kappa shape index (κ2) is 7.28. The molecule has 0 unspecified atom stereocenters. The van der Waals surface area contributed by atoms with Crippen LogP contribution >= 0.6 is 0 Å². The minimum atomic E-state index is -3.70. The molecule has 2 aromatic heterocycles. The van der Waals surface area contributed by atoms with E-state index < -0.39 is 10.0 Å². The Morgan fingerprint density at radius 1 is 0.821 bits per heavy atom. The van der Waals surface area contributed by atoms with Crippen LogP contribution in [0, 0.1) is 6.92 Å². The van der Waals surface area contributed by atoms with Crippen molar-refractivity contribution in [2.24, 2.45) is 0 Å². The molecule has 7 heteroatoms. The lowest BCUT2D eigenvalue weighted by molar-refractivity contribution is 0.601. The lowest BCUT2D eigenvalue weighted by atomic mass is 10.1. The molecule has 4 aromatic rings. The number of fused-ring (bicyclic) bond motifs is 1. The van der Waals surface area contributed by atoms with E-state index in [9.17, 15) is 8.42 Å². The lowest BCUT2D eigenvalue weighted by Gasteiger charge is -2.12. The average Bonchev–Trinajstić information content (AvgIpc) is 2.69. The zero-order valence-corrected chi connectivity index (χ0v) is 15.9. The predicted octanol–water partition coefficient (Wildman–Crippen LogP) is 4.48. The maximum atomic E-state index is 12.5. The number of pyridine rings is 2. The van der Waals surface area contributed by atoms with Crippen LogP contribution in [-0.2, 0) is 10.0 Å². The van der Waals surface area contributed by atoms with Crippen molar-refractivity contribution >= 4 is 38.1 Å². The highest BCUT2D eigenvalue weighted by molar-refractivity contribution is 7.92. The Balaban J connectivity index is 1.59. The summed E-state index contributed by atoms with van der Waals surface area (Å²) in [5.74, 6) is 1.01. The Labute approximate surface area is 163 Å². The number of nitrogens with zero attached hydrogens (tertiary/aromatic N) is 2. The highest BCUT2D eigenvalue weighted by Gasteiger charge is 2.14. The normalized spacial score (nSPS) is 11.3. The number of nitrogens with one attached hydrogen (secondary N) is 2. The SMILES string of the molecule is Cc1cccc2ccnc(Nc3ccc(S(=O)(=O)Nc4ccccn4)cc3)c12. The van der Waals surface area contributed by atoms with Gasteiger partial charge in [0.1, 0.15) is 11.6 Å². The van der Waals surface area contributed by atoms with Crippen molar-refractivity contribution in [3.8, 4) is 0 Å². The van der Waals surface area contributed by atoms with Gasteiger partial charge < -0.3 is 5.32 Å². The minimum absolute atomic E-state index is 0.158. The molecule has 6 nitrogen and oxygen atoms in total. The molecule has 0 atom stereocenters. The fourth-order valence-electron chi connectivity index (χ4n) is 2.98. The number of hydrogen-bond acceptors (Lipinski definition) is 5. The monoisotopic (exact) mass is 390 g/mol. The molecule has 140 valence electrons. The van der Waals surface area contributed by atoms with E-state index in [0.717, 1.165) is 27.8 Å². The summed E-state index contributed by atoms with van der Waals surface area (Å²) >= 11 is 0. The van der Waals surface area contributed by atoms with Crippen LogP contribution in [0.4, 0.5) is 17.3 Å². The van der Waals surface area contributed by atoms with Crippen LogP contribution in [0.5, 0.6) is 0 Å². The van der Waals surface area contributed by atoms with Crippen molar-refractivity contribution < 1.29 is 8.42 Å². The zero-order valence-electron chi connectivity index (χ0n) is 15.1. The maximum absolute atomic E-state index is 12.5. The van der Waals surface area contributed by atoms with E-state index in [4.69, 9.17) is 0 Å². The zero-order chi connectivity index (χ0) is 19.6. The number of sulfonamides is 1. The Hall–Kier alpha value is -3.45. The van der Waals surface area contributed by atoms with Crippen LogP contribution in [0.25, 0.3) is 10.8 Å². The van der Waals surface area contributed by atoms with Crippen molar-refractivity contribution in [1.82, 2.24) is 9.97 Å². The van der Waals surface area contributed by atoms with Crippen molar-refractivity contribution in [3.05, 3.63) is 84.7 Å². The molecule has 0 bridgehead atoms. The van der Waals surface area contributed by atoms with Crippen molar-refractivity contribution in [2.45, 2.75) is 11.8 Å². The molecule has 0 radical (unpaired) electrons. The molecule has 2 N–H and O–H groups in total. The summed E-state index contributed by atoms with van der Waals surface area (Å²) in [5, 5.41) is 5.41. The fourth-order valence-corrected chi connectivity index (χ4v) is 3.99. The highest BCUT2D eigenvalue weighted by Crippen LogP contribution is 2.27. The van der Waals surface area contributed by atoms with Gasteiger partial charge in [-0.15, -0.1) is 0 Å². The second-order valence-electron chi connectivity index (χ2n) is 6.30. The predicted molar refractivity (Wildman–Crippen MR) is 111 cm³/mol. The van der Waals surface area contributed by atoms with Crippen LogP contribution in [0.3, 0.4) is 0 Å². The molecule has 0 amide bonds. The van der Waals surface area contributed by atoms with Gasteiger partial charge in [-0.2, -0.15) is 0 Å². The Bertz CT molecular complexity index is 1220. The molecule has 28 heavy (non-hydrogen) atoms. The minimum Gasteiger partial charge on any atom is -0.340 e. The van der Waals surface area contributed by atoms with Gasteiger partial charge in [0.05, 0.1) is 4.90 Å². The molecule has 0 saturated heterocycles. The molecule has 0 fully saturated rings. The Morgan fingerprint density at radius 3 is 2.39 bits per heavy atom. The molecule has 0 saturated carbocycles. The van der Waals surface area contributed by atoms with E-state index in [1.807, 2.05) is 31.2 Å². The first-order valence-corrected chi connectivity index (χ1v) is 10.2. The van der Waals surface area contributed by atoms with Crippen LogP contribution in [0.1, 0.15) is 5.56 Å². The molecule has 0 aliphatic carbocycles. The molecule has 4 rings (SSSR count). The summed E-state index contributed by atoms with van der Waals surface area (Å²) in [6, 6.07) is 19.6. The largest absolute Gasteiger partial charge is 0.340 e. The smallest absolute Gasteiger partial charge is 0.263 e. The van der Waals surface area contributed by atoms with E-state index in [0.29, 0.717) is 0 Å². The number of aromatic nitrogens is 2. The number of benzene rings is 2. The van der Waals surface area contributed by atoms with Crippen LogP contribution in [0.2, 0.25) is 0 Å². The first kappa shape index (κ1) is 17.9. The third-order valence-corrected chi connectivity index (χ3v) is 5.70. The van der Waals surface area contributed by atoms with Gasteiger partial charge in [-0.3, -0.25) is 4.72 Å². The van der Waals surface area contributed by atoms with E-state index in [1.165, 1.54) is 6.20 Å². The number of anilines is 3. The van der Waals surface area contributed by atoms with Crippen LogP contribution in [-0.4, -0.2) is 18.4 Å². The standard InChI is InChI=1S/C21H18N4O2S/c1-15-5-4-6-16-12-14-23-21(20(15)16)24-17-8-10-18(11-9-17)28(26,27)25-19-7-2-3-13-22-19/h2-14H,1H3,(H,22,25)(H,23,24). The van der Waals surface area contributed by atoms with Crippen LogP contribution < -0.4 is 10.0 Å². The third kappa shape index (κ3) is 3.65. The first-order valence-electron chi connectivity index (χ1n) is 8.68. The van der Waals surface area contributed by atoms with Crippen molar-refractivity contribution in [1.29, 1.82) is 0 Å². The summed E-state index contributed by atoms with van der Waals surface area (Å²) in [4.78, 5) is 8.59. The third-order valence-electron chi connectivity index (χ3n) is 4.33. The van der Waals surface area contributed by atoms with Gasteiger partial charge in [0, 0.05) is 23.5 Å². The lowest BCUT2D eigenvalue weighted by Crippen LogP contribution is -2.13. The van der Waals surface area contributed by atoms with E-state index in [2.05, 4.69) is 20.0 Å². The number of rotatable bonds is 5. The number of hydrogen-bond donors (Lipinski definition) is 2. The molecular weight excluding hydrogens is 372 g/mol. The highest BCUT2D eigenvalue weighted by atomic mass is 32.2. The first-order chi connectivity index (χ1) is 13.5. The van der Waals surface area contributed by atoms with Gasteiger partial charge in [0.15, 0.2) is 0 Å². The summed E-state index contributed by atoms with van der Waals surface area (Å²) in [5.41, 5.74) is 1.87. The van der Waals surface area contributed by atoms with Crippen LogP contribution in [0.15, 0.2) is 84.0 Å². The van der Waals surface area contributed by atoms with E-state index in [-0.39, 0.29) is 10.7 Å². The molecule has 0 aliphatic heterocycles. The van der Waals surface area contributed by atoms with Gasteiger partial charge in [-0.25, -0.2) is 18.4 Å². The molecular formula is C21H18N4O2S. The second-order valence-corrected chi connectivity index (χ2v) is 7.98. The quantitative estimate of drug-likeness (QED) is 0.525.